The molecule has 1 aromatic heterocycles. The molecule has 2 aliphatic rings. The molecule has 0 radical (unpaired) electrons. The van der Waals surface area contributed by atoms with Gasteiger partial charge < -0.3 is 15.5 Å². The Bertz CT molecular complexity index is 738. The number of anilines is 1. The minimum atomic E-state index is 0.469. The molecule has 1 saturated carbocycles. The number of aromatic nitrogens is 1. The summed E-state index contributed by atoms with van der Waals surface area (Å²) >= 11 is 0. The first kappa shape index (κ1) is 17.8. The van der Waals surface area contributed by atoms with Crippen LogP contribution in [0.1, 0.15) is 37.7 Å². The van der Waals surface area contributed by atoms with Crippen LogP contribution in [0.5, 0.6) is 0 Å². The number of benzene rings is 1. The van der Waals surface area contributed by atoms with Gasteiger partial charge in [-0.25, -0.2) is 4.98 Å². The normalized spacial score (nSPS) is 23.1. The number of hydrogen-bond donors (Lipinski definition) is 2. The van der Waals surface area contributed by atoms with Crippen molar-refractivity contribution in [1.82, 2.24) is 15.6 Å². The van der Waals surface area contributed by atoms with Crippen molar-refractivity contribution < 1.29 is 0 Å². The Morgan fingerprint density at radius 2 is 1.85 bits per heavy atom. The Balaban J connectivity index is 1.28. The average Bonchev–Trinajstić information content (AvgIpc) is 3.49. The van der Waals surface area contributed by atoms with Crippen molar-refractivity contribution in [1.29, 1.82) is 0 Å². The van der Waals surface area contributed by atoms with E-state index in [0.29, 0.717) is 18.0 Å². The maximum atomic E-state index is 4.67. The molecule has 1 aliphatic carbocycles. The van der Waals surface area contributed by atoms with E-state index in [1.165, 1.54) is 12.0 Å². The van der Waals surface area contributed by atoms with E-state index in [2.05, 4.69) is 74.9 Å². The summed E-state index contributed by atoms with van der Waals surface area (Å²) in [7, 11) is 0. The smallest absolute Gasteiger partial charge is 0.191 e. The second-order valence-corrected chi connectivity index (χ2v) is 7.42. The summed E-state index contributed by atoms with van der Waals surface area (Å²) in [6.07, 6.45) is 5.27. The number of guanidine groups is 1. The van der Waals surface area contributed by atoms with E-state index in [9.17, 15) is 0 Å². The molecule has 1 aliphatic heterocycles. The highest BCUT2D eigenvalue weighted by Gasteiger charge is 2.39. The Kier molecular flexibility index (Phi) is 5.56. The predicted octanol–water partition coefficient (Wildman–Crippen LogP) is 3.16. The standard InChI is InChI=1S/C22H29N5/c1-2-23-22(26-20-16-19(20)17-8-4-3-5-9-17)25-18-11-14-27(15-12-18)21-10-6-7-13-24-21/h3-10,13,18-20H,2,11-12,14-16H2,1H3,(H2,23,25,26). The molecule has 0 spiro atoms. The fourth-order valence-electron chi connectivity index (χ4n) is 3.88. The minimum Gasteiger partial charge on any atom is -0.356 e. The van der Waals surface area contributed by atoms with Crippen LogP contribution >= 0.6 is 0 Å². The molecule has 5 nitrogen and oxygen atoms in total. The molecule has 2 heterocycles. The van der Waals surface area contributed by atoms with Crippen molar-refractivity contribution in [2.45, 2.75) is 44.2 Å². The van der Waals surface area contributed by atoms with Gasteiger partial charge in [0.15, 0.2) is 5.96 Å². The molecule has 4 rings (SSSR count). The Labute approximate surface area is 161 Å². The van der Waals surface area contributed by atoms with Crippen molar-refractivity contribution in [3.05, 3.63) is 60.3 Å². The number of aliphatic imine (C=N–C) groups is 1. The lowest BCUT2D eigenvalue weighted by Crippen LogP contribution is -2.49. The quantitative estimate of drug-likeness (QED) is 0.633. The largest absolute Gasteiger partial charge is 0.356 e. The number of nitrogens with one attached hydrogen (secondary N) is 2. The summed E-state index contributed by atoms with van der Waals surface area (Å²) in [5.74, 6) is 2.67. The van der Waals surface area contributed by atoms with Crippen LogP contribution in [0.25, 0.3) is 0 Å². The molecule has 27 heavy (non-hydrogen) atoms. The summed E-state index contributed by atoms with van der Waals surface area (Å²) in [6, 6.07) is 17.9. The van der Waals surface area contributed by atoms with E-state index < -0.39 is 0 Å². The van der Waals surface area contributed by atoms with E-state index >= 15 is 0 Å². The van der Waals surface area contributed by atoms with Gasteiger partial charge in [-0.05, 0) is 43.9 Å². The van der Waals surface area contributed by atoms with Crippen molar-refractivity contribution in [2.24, 2.45) is 4.99 Å². The van der Waals surface area contributed by atoms with Crippen molar-refractivity contribution in [2.75, 3.05) is 24.5 Å². The van der Waals surface area contributed by atoms with Crippen LogP contribution in [0, 0.1) is 0 Å². The number of pyridine rings is 1. The zero-order valence-corrected chi connectivity index (χ0v) is 16.0. The van der Waals surface area contributed by atoms with Crippen LogP contribution in [0.15, 0.2) is 59.7 Å². The molecule has 2 fully saturated rings. The molecule has 1 saturated heterocycles. The number of nitrogens with zero attached hydrogens (tertiary/aromatic N) is 3. The molecule has 2 atom stereocenters. The van der Waals surface area contributed by atoms with Gasteiger partial charge in [-0.2, -0.15) is 0 Å². The molecule has 2 N–H and O–H groups in total. The Morgan fingerprint density at radius 1 is 1.07 bits per heavy atom. The molecule has 2 unspecified atom stereocenters. The van der Waals surface area contributed by atoms with Gasteiger partial charge in [0.05, 0.1) is 0 Å². The summed E-state index contributed by atoms with van der Waals surface area (Å²) < 4.78 is 0. The highest BCUT2D eigenvalue weighted by Crippen LogP contribution is 2.40. The Hall–Kier alpha value is -2.56. The second-order valence-electron chi connectivity index (χ2n) is 7.42. The van der Waals surface area contributed by atoms with Crippen molar-refractivity contribution in [3.8, 4) is 0 Å². The van der Waals surface area contributed by atoms with Crippen molar-refractivity contribution >= 4 is 11.8 Å². The van der Waals surface area contributed by atoms with E-state index in [-0.39, 0.29) is 0 Å². The lowest BCUT2D eigenvalue weighted by molar-refractivity contribution is 0.459. The third-order valence-corrected chi connectivity index (χ3v) is 5.47. The van der Waals surface area contributed by atoms with Crippen molar-refractivity contribution in [3.63, 3.8) is 0 Å². The lowest BCUT2D eigenvalue weighted by atomic mass is 10.1. The van der Waals surface area contributed by atoms with Crippen LogP contribution in [-0.2, 0) is 0 Å². The zero-order chi connectivity index (χ0) is 18.5. The molecule has 5 heteroatoms. The van der Waals surface area contributed by atoms with Crippen LogP contribution in [0.4, 0.5) is 5.82 Å². The van der Waals surface area contributed by atoms with Gasteiger partial charge >= 0.3 is 0 Å². The van der Waals surface area contributed by atoms with E-state index in [4.69, 9.17) is 0 Å². The first-order valence-electron chi connectivity index (χ1n) is 10.1. The molecule has 2 aromatic rings. The second kappa shape index (κ2) is 8.42. The van der Waals surface area contributed by atoms with Gasteiger partial charge in [0.1, 0.15) is 5.82 Å². The Morgan fingerprint density at radius 3 is 2.56 bits per heavy atom. The zero-order valence-electron chi connectivity index (χ0n) is 16.0. The summed E-state index contributed by atoms with van der Waals surface area (Å²) in [6.45, 7) is 4.95. The summed E-state index contributed by atoms with van der Waals surface area (Å²) in [5.41, 5.74) is 1.43. The fraction of sp³-hybridized carbons (Fsp3) is 0.455. The van der Waals surface area contributed by atoms with Gasteiger partial charge in [0.25, 0.3) is 0 Å². The van der Waals surface area contributed by atoms with Gasteiger partial charge in [-0.15, -0.1) is 0 Å². The van der Waals surface area contributed by atoms with E-state index in [0.717, 1.165) is 44.3 Å². The first-order valence-corrected chi connectivity index (χ1v) is 10.1. The van der Waals surface area contributed by atoms with Crippen LogP contribution in [0.3, 0.4) is 0 Å². The average molecular weight is 364 g/mol. The topological polar surface area (TPSA) is 52.6 Å². The first-order chi connectivity index (χ1) is 13.3. The SMILES string of the molecule is CCN=C(NC1CCN(c2ccccn2)CC1)NC1CC1c1ccccc1. The third kappa shape index (κ3) is 4.59. The van der Waals surface area contributed by atoms with E-state index in [1.807, 2.05) is 12.3 Å². The molecule has 0 bridgehead atoms. The lowest BCUT2D eigenvalue weighted by Gasteiger charge is -2.33. The predicted molar refractivity (Wildman–Crippen MR) is 111 cm³/mol. The minimum absolute atomic E-state index is 0.469. The van der Waals surface area contributed by atoms with Crippen LogP contribution < -0.4 is 15.5 Å². The van der Waals surface area contributed by atoms with Gasteiger partial charge in [-0.3, -0.25) is 4.99 Å². The highest BCUT2D eigenvalue weighted by molar-refractivity contribution is 5.81. The van der Waals surface area contributed by atoms with Gasteiger partial charge in [0, 0.05) is 43.8 Å². The molecule has 142 valence electrons. The molecule has 1 aromatic carbocycles. The summed E-state index contributed by atoms with van der Waals surface area (Å²) in [5, 5.41) is 7.31. The van der Waals surface area contributed by atoms with Crippen LogP contribution in [0.2, 0.25) is 0 Å². The maximum Gasteiger partial charge on any atom is 0.191 e. The number of rotatable bonds is 5. The molecular weight excluding hydrogens is 334 g/mol. The van der Waals surface area contributed by atoms with Crippen LogP contribution in [-0.4, -0.2) is 42.7 Å². The summed E-state index contributed by atoms with van der Waals surface area (Å²) in [4.78, 5) is 11.5. The number of piperidine rings is 1. The maximum absolute atomic E-state index is 4.67. The monoisotopic (exact) mass is 363 g/mol. The molecule has 0 amide bonds. The third-order valence-electron chi connectivity index (χ3n) is 5.47. The fourth-order valence-corrected chi connectivity index (χ4v) is 3.88. The molecular formula is C22H29N5. The van der Waals surface area contributed by atoms with Gasteiger partial charge in [-0.1, -0.05) is 36.4 Å². The number of hydrogen-bond acceptors (Lipinski definition) is 3. The van der Waals surface area contributed by atoms with Gasteiger partial charge in [0.2, 0.25) is 0 Å². The highest BCUT2D eigenvalue weighted by atomic mass is 15.2. The van der Waals surface area contributed by atoms with E-state index in [1.54, 1.807) is 0 Å².